The van der Waals surface area contributed by atoms with Gasteiger partial charge in [0.25, 0.3) is 0 Å². The third-order valence-corrected chi connectivity index (χ3v) is 1.35. The fourth-order valence-corrected chi connectivity index (χ4v) is 0.520. The van der Waals surface area contributed by atoms with E-state index < -0.39 is 0 Å². The third-order valence-electron chi connectivity index (χ3n) is 0.733. The zero-order valence-electron chi connectivity index (χ0n) is 5.03. The Labute approximate surface area is 65.0 Å². The molecule has 2 nitrogen and oxygen atoms in total. The molecule has 3 N–H and O–H groups in total. The van der Waals surface area contributed by atoms with Crippen molar-refractivity contribution >= 4 is 23.2 Å². The van der Waals surface area contributed by atoms with Gasteiger partial charge in [0.05, 0.1) is 0 Å². The van der Waals surface area contributed by atoms with Gasteiger partial charge in [-0.3, -0.25) is 0 Å². The molecule has 9 heavy (non-hydrogen) atoms. The first-order chi connectivity index (χ1) is 4.31. The van der Waals surface area contributed by atoms with Gasteiger partial charge in [0.15, 0.2) is 0 Å². The lowest BCUT2D eigenvalue weighted by Gasteiger charge is -1.98. The Kier molecular flexibility index (Phi) is 6.53. The van der Waals surface area contributed by atoms with Crippen molar-refractivity contribution in [3.05, 3.63) is 10.6 Å². The second-order valence-corrected chi connectivity index (χ2v) is 2.23. The van der Waals surface area contributed by atoms with Crippen molar-refractivity contribution in [1.82, 2.24) is 5.32 Å². The van der Waals surface area contributed by atoms with Gasteiger partial charge in [0.2, 0.25) is 0 Å². The first kappa shape index (κ1) is 9.24. The molecule has 0 heterocycles. The number of hydrogen-bond acceptors (Lipinski definition) is 2. The number of nitrogens with one attached hydrogen (secondary N) is 1. The predicted octanol–water partition coefficient (Wildman–Crippen LogP) is 0.854. The topological polar surface area (TPSA) is 38.0 Å². The molecule has 0 saturated heterocycles. The van der Waals surface area contributed by atoms with Crippen LogP contribution in [0.4, 0.5) is 0 Å². The molecule has 4 heteroatoms. The van der Waals surface area contributed by atoms with Gasteiger partial charge < -0.3 is 11.1 Å². The molecular weight excluding hydrogens is 159 g/mol. The molecule has 0 rings (SSSR count). The van der Waals surface area contributed by atoms with Crippen LogP contribution in [0.2, 0.25) is 0 Å². The quantitative estimate of drug-likeness (QED) is 0.612. The standard InChI is InChI=1S/C5H10Cl2N2/c6-3-5(7)4-9-2-1-8/h3,9H,1-2,4,8H2. The monoisotopic (exact) mass is 168 g/mol. The SMILES string of the molecule is NCCNCC(Cl)=CCl. The summed E-state index contributed by atoms with van der Waals surface area (Å²) in [6.07, 6.45) is 0. The number of nitrogens with two attached hydrogens (primary N) is 1. The molecular formula is C5H10Cl2N2. The molecule has 0 saturated carbocycles. The van der Waals surface area contributed by atoms with Crippen LogP contribution in [0.3, 0.4) is 0 Å². The summed E-state index contributed by atoms with van der Waals surface area (Å²) >= 11 is 10.8. The van der Waals surface area contributed by atoms with E-state index in [1.165, 1.54) is 5.54 Å². The summed E-state index contributed by atoms with van der Waals surface area (Å²) in [6.45, 7) is 1.98. The van der Waals surface area contributed by atoms with Gasteiger partial charge in [-0.1, -0.05) is 23.2 Å². The Bertz CT molecular complexity index is 93.0. The van der Waals surface area contributed by atoms with Gasteiger partial charge in [-0.25, -0.2) is 0 Å². The van der Waals surface area contributed by atoms with Crippen LogP contribution in [-0.2, 0) is 0 Å². The highest BCUT2D eigenvalue weighted by atomic mass is 35.5. The first-order valence-electron chi connectivity index (χ1n) is 2.66. The Morgan fingerprint density at radius 3 is 2.78 bits per heavy atom. The van der Waals surface area contributed by atoms with Crippen molar-refractivity contribution < 1.29 is 0 Å². The summed E-state index contributed by atoms with van der Waals surface area (Å²) in [6, 6.07) is 0. The second-order valence-electron chi connectivity index (χ2n) is 1.52. The van der Waals surface area contributed by atoms with Crippen LogP contribution in [0, 0.1) is 0 Å². The van der Waals surface area contributed by atoms with Crippen LogP contribution in [-0.4, -0.2) is 19.6 Å². The van der Waals surface area contributed by atoms with Crippen LogP contribution < -0.4 is 11.1 Å². The van der Waals surface area contributed by atoms with Crippen LogP contribution >= 0.6 is 23.2 Å². The van der Waals surface area contributed by atoms with Gasteiger partial charge in [-0.05, 0) is 0 Å². The molecule has 0 spiro atoms. The minimum atomic E-state index is 0.599. The van der Waals surface area contributed by atoms with Crippen molar-refractivity contribution in [2.24, 2.45) is 5.73 Å². The Morgan fingerprint density at radius 1 is 1.67 bits per heavy atom. The molecule has 54 valence electrons. The minimum absolute atomic E-state index is 0.599. The second kappa shape index (κ2) is 6.36. The number of rotatable bonds is 4. The lowest BCUT2D eigenvalue weighted by Crippen LogP contribution is -2.23. The molecule has 0 fully saturated rings. The summed E-state index contributed by atoms with van der Waals surface area (Å²) in [5.41, 5.74) is 6.54. The van der Waals surface area contributed by atoms with Gasteiger partial charge >= 0.3 is 0 Å². The number of halogens is 2. The van der Waals surface area contributed by atoms with Gasteiger partial charge in [0.1, 0.15) is 0 Å². The van der Waals surface area contributed by atoms with Crippen molar-refractivity contribution in [1.29, 1.82) is 0 Å². The molecule has 0 amide bonds. The van der Waals surface area contributed by atoms with Crippen molar-refractivity contribution in [3.8, 4) is 0 Å². The predicted molar refractivity (Wildman–Crippen MR) is 41.7 cm³/mol. The third kappa shape index (κ3) is 6.12. The van der Waals surface area contributed by atoms with E-state index in [9.17, 15) is 0 Å². The van der Waals surface area contributed by atoms with E-state index in [4.69, 9.17) is 28.9 Å². The largest absolute Gasteiger partial charge is 0.329 e. The van der Waals surface area contributed by atoms with E-state index in [0.717, 1.165) is 6.54 Å². The molecule has 0 bridgehead atoms. The average molecular weight is 169 g/mol. The Morgan fingerprint density at radius 2 is 2.33 bits per heavy atom. The highest BCUT2D eigenvalue weighted by Gasteiger charge is 1.87. The summed E-state index contributed by atoms with van der Waals surface area (Å²) in [4.78, 5) is 0. The highest BCUT2D eigenvalue weighted by molar-refractivity contribution is 6.36. The molecule has 0 atom stereocenters. The summed E-state index contributed by atoms with van der Waals surface area (Å²) < 4.78 is 0. The van der Waals surface area contributed by atoms with Gasteiger partial charge in [-0.15, -0.1) is 0 Å². The molecule has 0 aromatic heterocycles. The zero-order valence-corrected chi connectivity index (χ0v) is 6.54. The zero-order chi connectivity index (χ0) is 7.11. The van der Waals surface area contributed by atoms with Crippen molar-refractivity contribution in [3.63, 3.8) is 0 Å². The van der Waals surface area contributed by atoms with E-state index in [1.54, 1.807) is 0 Å². The van der Waals surface area contributed by atoms with Gasteiger partial charge in [-0.2, -0.15) is 0 Å². The molecule has 0 aliphatic heterocycles. The molecule has 0 aromatic carbocycles. The summed E-state index contributed by atoms with van der Waals surface area (Å²) in [7, 11) is 0. The summed E-state index contributed by atoms with van der Waals surface area (Å²) in [5, 5.41) is 3.58. The molecule has 0 radical (unpaired) electrons. The highest BCUT2D eigenvalue weighted by Crippen LogP contribution is 1.99. The minimum Gasteiger partial charge on any atom is -0.329 e. The molecule has 0 unspecified atom stereocenters. The smallest absolute Gasteiger partial charge is 0.0431 e. The summed E-state index contributed by atoms with van der Waals surface area (Å²) in [5.74, 6) is 0. The van der Waals surface area contributed by atoms with E-state index in [2.05, 4.69) is 5.32 Å². The van der Waals surface area contributed by atoms with Crippen LogP contribution in [0.5, 0.6) is 0 Å². The maximum Gasteiger partial charge on any atom is 0.0431 e. The fraction of sp³-hybridized carbons (Fsp3) is 0.600. The van der Waals surface area contributed by atoms with Crippen molar-refractivity contribution in [2.75, 3.05) is 19.6 Å². The van der Waals surface area contributed by atoms with E-state index in [-0.39, 0.29) is 0 Å². The van der Waals surface area contributed by atoms with E-state index in [0.29, 0.717) is 18.1 Å². The van der Waals surface area contributed by atoms with Gasteiger partial charge in [0, 0.05) is 30.2 Å². The van der Waals surface area contributed by atoms with E-state index in [1.807, 2.05) is 0 Å². The maximum atomic E-state index is 5.53. The Hall–Kier alpha value is 0.240. The van der Waals surface area contributed by atoms with Crippen LogP contribution in [0.15, 0.2) is 10.6 Å². The fourth-order valence-electron chi connectivity index (χ4n) is 0.348. The molecule has 0 aromatic rings. The van der Waals surface area contributed by atoms with Crippen molar-refractivity contribution in [2.45, 2.75) is 0 Å². The normalized spacial score (nSPS) is 12.1. The number of hydrogen-bond donors (Lipinski definition) is 2. The molecule has 0 aliphatic rings. The average Bonchev–Trinajstić information content (AvgIpc) is 1.89. The first-order valence-corrected chi connectivity index (χ1v) is 3.48. The molecule has 0 aliphatic carbocycles. The maximum absolute atomic E-state index is 5.53. The van der Waals surface area contributed by atoms with Crippen LogP contribution in [0.25, 0.3) is 0 Å². The van der Waals surface area contributed by atoms with Crippen LogP contribution in [0.1, 0.15) is 0 Å². The Balaban J connectivity index is 3.07. The van der Waals surface area contributed by atoms with E-state index >= 15 is 0 Å². The lowest BCUT2D eigenvalue weighted by atomic mass is 10.5. The lowest BCUT2D eigenvalue weighted by molar-refractivity contribution is 0.749.